The monoisotopic (exact) mass is 319 g/mol. The van der Waals surface area contributed by atoms with Gasteiger partial charge >= 0.3 is 5.97 Å². The molecule has 0 aliphatic heterocycles. The first kappa shape index (κ1) is 17.4. The van der Waals surface area contributed by atoms with E-state index < -0.39 is 5.97 Å². The van der Waals surface area contributed by atoms with Crippen LogP contribution in [0.1, 0.15) is 56.7 Å². The minimum atomic E-state index is -0.536. The molecule has 0 spiro atoms. The fourth-order valence-electron chi connectivity index (χ4n) is 2.70. The van der Waals surface area contributed by atoms with Gasteiger partial charge < -0.3 is 10.2 Å². The lowest BCUT2D eigenvalue weighted by molar-refractivity contribution is -0.156. The van der Waals surface area contributed by atoms with Crippen LogP contribution in [0.5, 0.6) is 0 Å². The first-order valence-corrected chi connectivity index (χ1v) is 8.27. The third kappa shape index (κ3) is 6.78. The van der Waals surface area contributed by atoms with Gasteiger partial charge in [0.25, 0.3) is 5.91 Å². The number of amides is 1. The van der Waals surface area contributed by atoms with Crippen molar-refractivity contribution in [1.82, 2.24) is 15.8 Å². The van der Waals surface area contributed by atoms with Gasteiger partial charge in [0, 0.05) is 37.8 Å². The molecule has 1 aromatic rings. The lowest BCUT2D eigenvalue weighted by Gasteiger charge is -2.22. The Kier molecular flexibility index (Phi) is 7.00. The van der Waals surface area contributed by atoms with Gasteiger partial charge in [0.2, 0.25) is 0 Å². The molecule has 1 saturated carbocycles. The molecule has 6 heteroatoms. The van der Waals surface area contributed by atoms with Crippen LogP contribution in [0.15, 0.2) is 18.3 Å². The summed E-state index contributed by atoms with van der Waals surface area (Å²) in [6.45, 7) is 2.08. The first-order valence-electron chi connectivity index (χ1n) is 8.27. The molecule has 2 N–H and O–H groups in total. The summed E-state index contributed by atoms with van der Waals surface area (Å²) >= 11 is 0. The summed E-state index contributed by atoms with van der Waals surface area (Å²) in [7, 11) is 0. The van der Waals surface area contributed by atoms with Crippen molar-refractivity contribution >= 4 is 11.9 Å². The van der Waals surface area contributed by atoms with Gasteiger partial charge in [0.15, 0.2) is 0 Å². The Bertz CT molecular complexity index is 510. The maximum Gasteiger partial charge on any atom is 0.329 e. The van der Waals surface area contributed by atoms with Gasteiger partial charge in [-0.1, -0.05) is 25.3 Å². The fraction of sp³-hybridized carbons (Fsp3) is 0.588. The zero-order valence-electron chi connectivity index (χ0n) is 13.6. The van der Waals surface area contributed by atoms with Crippen molar-refractivity contribution in [3.05, 3.63) is 29.6 Å². The molecule has 0 unspecified atom stereocenters. The van der Waals surface area contributed by atoms with Crippen LogP contribution >= 0.6 is 0 Å². The number of hydrogen-bond donors (Lipinski definition) is 2. The molecule has 6 nitrogen and oxygen atoms in total. The summed E-state index contributed by atoms with van der Waals surface area (Å²) in [5.74, 6) is -0.865. The highest BCUT2D eigenvalue weighted by Gasteiger charge is 2.12. The number of hydroxylamine groups is 1. The van der Waals surface area contributed by atoms with Crippen molar-refractivity contribution in [2.45, 2.75) is 64.5 Å². The fourth-order valence-corrected chi connectivity index (χ4v) is 2.70. The van der Waals surface area contributed by atoms with E-state index in [1.165, 1.54) is 39.0 Å². The molecule has 2 rings (SSSR count). The minimum absolute atomic E-state index is 0.236. The van der Waals surface area contributed by atoms with Crippen LogP contribution in [0.25, 0.3) is 0 Å². The molecule has 1 aromatic heterocycles. The largest absolute Gasteiger partial charge is 0.341 e. The van der Waals surface area contributed by atoms with Crippen molar-refractivity contribution in [3.8, 4) is 0 Å². The van der Waals surface area contributed by atoms with Crippen molar-refractivity contribution < 1.29 is 14.4 Å². The average molecular weight is 319 g/mol. The van der Waals surface area contributed by atoms with Crippen molar-refractivity contribution in [2.75, 3.05) is 0 Å². The lowest BCUT2D eigenvalue weighted by atomic mass is 9.95. The van der Waals surface area contributed by atoms with Crippen LogP contribution in [0.4, 0.5) is 0 Å². The molecule has 1 aliphatic rings. The maximum atomic E-state index is 11.4. The zero-order chi connectivity index (χ0) is 16.5. The number of nitrogens with zero attached hydrogens (tertiary/aromatic N) is 1. The highest BCUT2D eigenvalue weighted by molar-refractivity contribution is 5.77. The Morgan fingerprint density at radius 3 is 2.70 bits per heavy atom. The highest BCUT2D eigenvalue weighted by atomic mass is 16.7. The Labute approximate surface area is 137 Å². The Morgan fingerprint density at radius 2 is 2.04 bits per heavy atom. The second kappa shape index (κ2) is 9.25. The van der Waals surface area contributed by atoms with Crippen LogP contribution in [0.2, 0.25) is 0 Å². The van der Waals surface area contributed by atoms with Gasteiger partial charge in [-0.25, -0.2) is 0 Å². The van der Waals surface area contributed by atoms with Gasteiger partial charge in [0.05, 0.1) is 0 Å². The molecular weight excluding hydrogens is 294 g/mol. The molecule has 126 valence electrons. The van der Waals surface area contributed by atoms with E-state index in [4.69, 9.17) is 0 Å². The first-order chi connectivity index (χ1) is 11.1. The van der Waals surface area contributed by atoms with E-state index in [9.17, 15) is 9.59 Å². The predicted octanol–water partition coefficient (Wildman–Crippen LogP) is 2.03. The molecule has 0 atom stereocenters. The van der Waals surface area contributed by atoms with Gasteiger partial charge in [-0.2, -0.15) is 5.48 Å². The molecule has 1 heterocycles. The van der Waals surface area contributed by atoms with Crippen LogP contribution < -0.4 is 10.8 Å². The molecule has 1 amide bonds. The summed E-state index contributed by atoms with van der Waals surface area (Å²) in [5.41, 5.74) is 4.10. The molecule has 1 fully saturated rings. The number of pyridine rings is 1. The second-order valence-electron chi connectivity index (χ2n) is 5.99. The Hall–Kier alpha value is -1.95. The normalized spacial score (nSPS) is 15.2. The maximum absolute atomic E-state index is 11.4. The smallest absolute Gasteiger partial charge is 0.329 e. The number of aromatic nitrogens is 1. The molecule has 0 saturated heterocycles. The van der Waals surface area contributed by atoms with Crippen LogP contribution in [-0.2, 0) is 27.4 Å². The van der Waals surface area contributed by atoms with Crippen molar-refractivity contribution in [1.29, 1.82) is 0 Å². The number of aryl methyl sites for hydroxylation is 1. The number of carbonyl (C=O) groups excluding carboxylic acids is 2. The van der Waals surface area contributed by atoms with E-state index in [0.29, 0.717) is 12.5 Å². The number of rotatable bonds is 6. The van der Waals surface area contributed by atoms with E-state index in [1.807, 2.05) is 18.3 Å². The van der Waals surface area contributed by atoms with E-state index in [-0.39, 0.29) is 12.3 Å². The second-order valence-corrected chi connectivity index (χ2v) is 5.99. The SMILES string of the molecule is CC(=O)ONC(=O)CCc1ccc(CNC2CCCCC2)cn1. The van der Waals surface area contributed by atoms with E-state index >= 15 is 0 Å². The van der Waals surface area contributed by atoms with Crippen LogP contribution in [-0.4, -0.2) is 22.9 Å². The average Bonchev–Trinajstić information content (AvgIpc) is 2.58. The summed E-state index contributed by atoms with van der Waals surface area (Å²) in [4.78, 5) is 30.8. The lowest BCUT2D eigenvalue weighted by Crippen LogP contribution is -2.30. The van der Waals surface area contributed by atoms with E-state index in [2.05, 4.69) is 20.6 Å². The quantitative estimate of drug-likeness (QED) is 0.784. The summed E-state index contributed by atoms with van der Waals surface area (Å²) < 4.78 is 0. The van der Waals surface area contributed by atoms with Gasteiger partial charge in [-0.3, -0.25) is 14.6 Å². The van der Waals surface area contributed by atoms with E-state index in [1.54, 1.807) is 0 Å². The van der Waals surface area contributed by atoms with Gasteiger partial charge in [-0.05, 0) is 30.9 Å². The molecule has 23 heavy (non-hydrogen) atoms. The third-order valence-corrected chi connectivity index (χ3v) is 4.00. The van der Waals surface area contributed by atoms with Gasteiger partial charge in [0.1, 0.15) is 0 Å². The van der Waals surface area contributed by atoms with Crippen molar-refractivity contribution in [3.63, 3.8) is 0 Å². The Balaban J connectivity index is 1.69. The van der Waals surface area contributed by atoms with Crippen LogP contribution in [0.3, 0.4) is 0 Å². The Morgan fingerprint density at radius 1 is 1.26 bits per heavy atom. The molecule has 0 aromatic carbocycles. The molecule has 0 bridgehead atoms. The summed E-state index contributed by atoms with van der Waals surface area (Å²) in [6, 6.07) is 4.62. The molecule has 0 radical (unpaired) electrons. The standard InChI is InChI=1S/C17H25N3O3/c1-13(21)23-20-17(22)10-9-16-8-7-14(12-19-16)11-18-15-5-3-2-4-6-15/h7-8,12,15,18H,2-6,9-11H2,1H3,(H,20,22). The van der Waals surface area contributed by atoms with Gasteiger partial charge in [-0.15, -0.1) is 0 Å². The third-order valence-electron chi connectivity index (χ3n) is 4.00. The summed E-state index contributed by atoms with van der Waals surface area (Å²) in [6.07, 6.45) is 9.15. The number of carbonyl (C=O) groups is 2. The van der Waals surface area contributed by atoms with E-state index in [0.717, 1.165) is 17.8 Å². The zero-order valence-corrected chi connectivity index (χ0v) is 13.6. The summed E-state index contributed by atoms with van der Waals surface area (Å²) in [5, 5.41) is 3.58. The van der Waals surface area contributed by atoms with Crippen molar-refractivity contribution in [2.24, 2.45) is 0 Å². The topological polar surface area (TPSA) is 80.3 Å². The minimum Gasteiger partial charge on any atom is -0.341 e. The molecule has 1 aliphatic carbocycles. The molecular formula is C17H25N3O3. The number of nitrogens with one attached hydrogen (secondary N) is 2. The predicted molar refractivity (Wildman–Crippen MR) is 86.2 cm³/mol. The highest BCUT2D eigenvalue weighted by Crippen LogP contribution is 2.17. The number of hydrogen-bond acceptors (Lipinski definition) is 5. The van der Waals surface area contributed by atoms with Crippen LogP contribution in [0, 0.1) is 0 Å².